The van der Waals surface area contributed by atoms with E-state index in [1.807, 2.05) is 35.9 Å². The van der Waals surface area contributed by atoms with Gasteiger partial charge in [-0.25, -0.2) is 0 Å². The number of Topliss-reactive ketones (excluding diaryl/α,β-unsaturated/α-hetero) is 1. The summed E-state index contributed by atoms with van der Waals surface area (Å²) in [5, 5.41) is 2.41. The van der Waals surface area contributed by atoms with E-state index in [1.165, 1.54) is 12.1 Å². The van der Waals surface area contributed by atoms with Gasteiger partial charge in [0.2, 0.25) is 5.91 Å². The molecular formula is C40H46Cl2F3N5O3. The lowest BCUT2D eigenvalue weighted by Crippen LogP contribution is -2.56. The molecule has 0 unspecified atom stereocenters. The van der Waals surface area contributed by atoms with Crippen LogP contribution in [0.15, 0.2) is 66.9 Å². The first-order chi connectivity index (χ1) is 25.3. The van der Waals surface area contributed by atoms with E-state index in [1.54, 1.807) is 17.0 Å². The van der Waals surface area contributed by atoms with Gasteiger partial charge >= 0.3 is 6.36 Å². The Hall–Kier alpha value is -3.61. The van der Waals surface area contributed by atoms with Gasteiger partial charge in [-0.1, -0.05) is 48.3 Å². The predicted octanol–water partition coefficient (Wildman–Crippen LogP) is 8.17. The lowest BCUT2D eigenvalue weighted by Gasteiger charge is -2.38. The average Bonchev–Trinajstić information content (AvgIpc) is 3.49. The second-order valence-corrected chi connectivity index (χ2v) is 15.0. The standard InChI is InChI=1S/C40H46Cl2F3N5O3/c1-2-38(52)49-18-16-39(46,17-19-49)37(51)9-4-3-6-29-26-50(30-11-13-31(14-12-30)53-40(43,44)45)36-24-28(10-15-32(29)36)25-47-20-22-48(23-21-47)27-33-34(41)7-5-8-35(33)42/h5,7-8,10-15,24,26H,2-4,6,9,16-23,25,27,46H2,1H3. The van der Waals surface area contributed by atoms with Crippen molar-refractivity contribution in [2.45, 2.75) is 76.9 Å². The van der Waals surface area contributed by atoms with E-state index in [2.05, 4.69) is 32.7 Å². The minimum atomic E-state index is -4.77. The number of piperazine rings is 1. The van der Waals surface area contributed by atoms with Gasteiger partial charge in [0.25, 0.3) is 0 Å². The fourth-order valence-corrected chi connectivity index (χ4v) is 7.96. The molecule has 284 valence electrons. The molecular weight excluding hydrogens is 726 g/mol. The quantitative estimate of drug-likeness (QED) is 0.138. The number of carbonyl (C=O) groups is 2. The van der Waals surface area contributed by atoms with E-state index in [-0.39, 0.29) is 17.4 Å². The lowest BCUT2D eigenvalue weighted by molar-refractivity contribution is -0.274. The van der Waals surface area contributed by atoms with Gasteiger partial charge in [0.15, 0.2) is 5.78 Å². The highest BCUT2D eigenvalue weighted by molar-refractivity contribution is 6.36. The highest BCUT2D eigenvalue weighted by Gasteiger charge is 2.37. The molecule has 4 aromatic rings. The molecule has 0 aliphatic carbocycles. The summed E-state index contributed by atoms with van der Waals surface area (Å²) in [7, 11) is 0. The number of piperidine rings is 1. The molecule has 3 aromatic carbocycles. The Bertz CT molecular complexity index is 1880. The normalized spacial score (nSPS) is 17.0. The molecule has 2 saturated heterocycles. The fourth-order valence-electron chi connectivity index (χ4n) is 7.44. The second kappa shape index (κ2) is 16.8. The number of aromatic nitrogens is 1. The Morgan fingerprint density at radius 1 is 0.868 bits per heavy atom. The van der Waals surface area contributed by atoms with Crippen LogP contribution >= 0.6 is 23.2 Å². The Kier molecular flexibility index (Phi) is 12.4. The number of halogens is 5. The van der Waals surface area contributed by atoms with Gasteiger partial charge in [0.1, 0.15) is 5.75 Å². The molecule has 8 nitrogen and oxygen atoms in total. The molecule has 0 radical (unpaired) electrons. The van der Waals surface area contributed by atoms with Crippen molar-refractivity contribution in [1.29, 1.82) is 0 Å². The van der Waals surface area contributed by atoms with Gasteiger partial charge in [-0.3, -0.25) is 19.4 Å². The van der Waals surface area contributed by atoms with Crippen molar-refractivity contribution in [2.24, 2.45) is 5.73 Å². The summed E-state index contributed by atoms with van der Waals surface area (Å²) in [6, 6.07) is 17.9. The number of hydrogen-bond donors (Lipinski definition) is 1. The number of amides is 1. The predicted molar refractivity (Wildman–Crippen MR) is 203 cm³/mol. The van der Waals surface area contributed by atoms with Gasteiger partial charge in [0.05, 0.1) is 11.1 Å². The minimum Gasteiger partial charge on any atom is -0.406 e. The number of benzene rings is 3. The molecule has 2 aliphatic heterocycles. The largest absolute Gasteiger partial charge is 0.573 e. The van der Waals surface area contributed by atoms with E-state index < -0.39 is 11.9 Å². The molecule has 0 atom stereocenters. The molecule has 53 heavy (non-hydrogen) atoms. The first-order valence-corrected chi connectivity index (χ1v) is 19.0. The highest BCUT2D eigenvalue weighted by atomic mass is 35.5. The molecule has 6 rings (SSSR count). The molecule has 0 saturated carbocycles. The molecule has 1 aromatic heterocycles. The van der Waals surface area contributed by atoms with Crippen molar-refractivity contribution in [3.05, 3.63) is 93.6 Å². The van der Waals surface area contributed by atoms with E-state index in [4.69, 9.17) is 28.9 Å². The number of unbranched alkanes of at least 4 members (excludes halogenated alkanes) is 1. The van der Waals surface area contributed by atoms with Crippen molar-refractivity contribution in [1.82, 2.24) is 19.3 Å². The smallest absolute Gasteiger partial charge is 0.406 e. The van der Waals surface area contributed by atoms with Crippen LogP contribution in [0.1, 0.15) is 62.1 Å². The van der Waals surface area contributed by atoms with Gasteiger partial charge in [0, 0.05) is 98.1 Å². The molecule has 3 heterocycles. The van der Waals surface area contributed by atoms with Gasteiger partial charge < -0.3 is 19.9 Å². The van der Waals surface area contributed by atoms with Crippen LogP contribution in [0, 0.1) is 0 Å². The Morgan fingerprint density at radius 3 is 2.13 bits per heavy atom. The van der Waals surface area contributed by atoms with Crippen LogP contribution in [-0.2, 0) is 29.1 Å². The molecule has 13 heteroatoms. The van der Waals surface area contributed by atoms with Gasteiger partial charge in [-0.05, 0) is 85.7 Å². The van der Waals surface area contributed by atoms with Crippen LogP contribution in [0.3, 0.4) is 0 Å². The number of fused-ring (bicyclic) bond motifs is 1. The number of hydrogen-bond acceptors (Lipinski definition) is 6. The number of aryl methyl sites for hydroxylation is 1. The molecule has 2 fully saturated rings. The number of nitrogens with zero attached hydrogens (tertiary/aromatic N) is 4. The van der Waals surface area contributed by atoms with E-state index in [0.717, 1.165) is 73.2 Å². The SMILES string of the molecule is CCC(=O)N1CCC(N)(C(=O)CCCCc2cn(-c3ccc(OC(F)(F)F)cc3)c3cc(CN4CCN(Cc5c(Cl)cccc5Cl)CC4)ccc23)CC1. The van der Waals surface area contributed by atoms with E-state index in [0.29, 0.717) is 67.5 Å². The summed E-state index contributed by atoms with van der Waals surface area (Å²) in [6.45, 7) is 7.82. The third kappa shape index (κ3) is 9.74. The van der Waals surface area contributed by atoms with Crippen LogP contribution in [0.5, 0.6) is 5.75 Å². The summed E-state index contributed by atoms with van der Waals surface area (Å²) in [6.07, 6.45) is 1.22. The van der Waals surface area contributed by atoms with Crippen molar-refractivity contribution >= 4 is 45.8 Å². The number of ketones is 1. The number of alkyl halides is 3. The van der Waals surface area contributed by atoms with E-state index in [9.17, 15) is 22.8 Å². The summed E-state index contributed by atoms with van der Waals surface area (Å²) < 4.78 is 44.7. The second-order valence-electron chi connectivity index (χ2n) is 14.2. The third-order valence-corrected chi connectivity index (χ3v) is 11.3. The highest BCUT2D eigenvalue weighted by Crippen LogP contribution is 2.31. The van der Waals surface area contributed by atoms with Crippen LogP contribution in [-0.4, -0.2) is 82.1 Å². The lowest BCUT2D eigenvalue weighted by atomic mass is 9.82. The Balaban J connectivity index is 1.13. The van der Waals surface area contributed by atoms with Gasteiger partial charge in [-0.15, -0.1) is 13.2 Å². The van der Waals surface area contributed by atoms with Crippen LogP contribution in [0.4, 0.5) is 13.2 Å². The van der Waals surface area contributed by atoms with Crippen LogP contribution in [0.25, 0.3) is 16.6 Å². The van der Waals surface area contributed by atoms with Crippen molar-refractivity contribution in [3.63, 3.8) is 0 Å². The summed E-state index contributed by atoms with van der Waals surface area (Å²) in [5.74, 6) is -0.145. The molecule has 0 spiro atoms. The fraction of sp³-hybridized carbons (Fsp3) is 0.450. The number of nitrogens with two attached hydrogens (primary N) is 1. The molecule has 2 N–H and O–H groups in total. The summed E-state index contributed by atoms with van der Waals surface area (Å²) in [5.41, 5.74) is 10.5. The molecule has 2 aliphatic rings. The van der Waals surface area contributed by atoms with Crippen LogP contribution < -0.4 is 10.5 Å². The Morgan fingerprint density at radius 2 is 1.51 bits per heavy atom. The Labute approximate surface area is 318 Å². The zero-order chi connectivity index (χ0) is 37.8. The first kappa shape index (κ1) is 39.1. The topological polar surface area (TPSA) is 84.0 Å². The number of carbonyl (C=O) groups excluding carboxylic acids is 2. The summed E-state index contributed by atoms with van der Waals surface area (Å²) in [4.78, 5) is 31.8. The number of ether oxygens (including phenoxy) is 1. The summed E-state index contributed by atoms with van der Waals surface area (Å²) >= 11 is 12.8. The van der Waals surface area contributed by atoms with Crippen molar-refractivity contribution < 1.29 is 27.5 Å². The number of rotatable bonds is 13. The van der Waals surface area contributed by atoms with Crippen LogP contribution in [0.2, 0.25) is 10.0 Å². The maximum absolute atomic E-state index is 13.2. The maximum Gasteiger partial charge on any atom is 0.573 e. The zero-order valence-electron chi connectivity index (χ0n) is 29.9. The molecule has 1 amide bonds. The maximum atomic E-state index is 13.2. The van der Waals surface area contributed by atoms with Crippen molar-refractivity contribution in [2.75, 3.05) is 39.3 Å². The van der Waals surface area contributed by atoms with Gasteiger partial charge in [-0.2, -0.15) is 0 Å². The zero-order valence-corrected chi connectivity index (χ0v) is 31.5. The molecule has 0 bridgehead atoms. The third-order valence-electron chi connectivity index (χ3n) is 10.6. The minimum absolute atomic E-state index is 0.0443. The first-order valence-electron chi connectivity index (χ1n) is 18.3. The van der Waals surface area contributed by atoms with Crippen molar-refractivity contribution in [3.8, 4) is 11.4 Å². The average molecular weight is 773 g/mol. The monoisotopic (exact) mass is 771 g/mol. The number of likely N-dealkylation sites (tertiary alicyclic amines) is 1. The van der Waals surface area contributed by atoms with E-state index >= 15 is 0 Å².